The molecule has 19 heavy (non-hydrogen) atoms. The highest BCUT2D eigenvalue weighted by atomic mass is 16.6. The van der Waals surface area contributed by atoms with Gasteiger partial charge in [-0.05, 0) is 18.6 Å². The van der Waals surface area contributed by atoms with Crippen molar-refractivity contribution in [3.63, 3.8) is 0 Å². The molecule has 0 saturated heterocycles. The lowest BCUT2D eigenvalue weighted by Crippen LogP contribution is -2.16. The zero-order valence-electron chi connectivity index (χ0n) is 9.85. The molecule has 0 spiro atoms. The summed E-state index contributed by atoms with van der Waals surface area (Å²) in [7, 11) is 0. The van der Waals surface area contributed by atoms with Crippen LogP contribution >= 0.6 is 0 Å². The summed E-state index contributed by atoms with van der Waals surface area (Å²) in [5.41, 5.74) is 0.427. The van der Waals surface area contributed by atoms with Crippen molar-refractivity contribution in [2.45, 2.75) is 13.0 Å². The molecule has 1 N–H and O–H groups in total. The number of benzene rings is 1. The van der Waals surface area contributed by atoms with Crippen LogP contribution < -0.4 is 5.76 Å². The average Bonchev–Trinajstić information content (AvgIpc) is 2.78. The lowest BCUT2D eigenvalue weighted by atomic mass is 10.2. The highest BCUT2D eigenvalue weighted by molar-refractivity contribution is 5.55. The first-order valence-electron chi connectivity index (χ1n) is 5.55. The van der Waals surface area contributed by atoms with Crippen LogP contribution in [0, 0.1) is 10.1 Å². The van der Waals surface area contributed by atoms with Crippen molar-refractivity contribution in [2.24, 2.45) is 0 Å². The molecule has 1 heterocycles. The lowest BCUT2D eigenvalue weighted by Gasteiger charge is -1.95. The minimum Gasteiger partial charge on any atom is -0.396 e. The monoisotopic (exact) mass is 265 g/mol. The Kier molecular flexibility index (Phi) is 3.71. The summed E-state index contributed by atoms with van der Waals surface area (Å²) >= 11 is 0. The van der Waals surface area contributed by atoms with E-state index >= 15 is 0 Å². The Hall–Kier alpha value is -2.48. The molecule has 0 aliphatic heterocycles. The number of nitrogens with zero attached hydrogens (tertiary/aromatic N) is 3. The molecule has 0 saturated carbocycles. The summed E-state index contributed by atoms with van der Waals surface area (Å²) in [5, 5.41) is 23.1. The van der Waals surface area contributed by atoms with E-state index in [9.17, 15) is 14.9 Å². The second kappa shape index (κ2) is 5.44. The number of aryl methyl sites for hydroxylation is 1. The molecule has 1 aromatic carbocycles. The molecule has 0 aliphatic carbocycles. The minimum absolute atomic E-state index is 0.0494. The van der Waals surface area contributed by atoms with Crippen LogP contribution in [0.3, 0.4) is 0 Å². The van der Waals surface area contributed by atoms with Crippen molar-refractivity contribution >= 4 is 5.69 Å². The van der Waals surface area contributed by atoms with E-state index in [1.807, 2.05) is 0 Å². The Morgan fingerprint density at radius 3 is 2.63 bits per heavy atom. The van der Waals surface area contributed by atoms with Gasteiger partial charge in [0.1, 0.15) is 0 Å². The first-order chi connectivity index (χ1) is 9.11. The number of hydrogen-bond acceptors (Lipinski definition) is 6. The van der Waals surface area contributed by atoms with E-state index in [0.29, 0.717) is 12.0 Å². The smallest absolute Gasteiger partial charge is 0.396 e. The Morgan fingerprint density at radius 2 is 2.05 bits per heavy atom. The maximum atomic E-state index is 11.4. The van der Waals surface area contributed by atoms with E-state index in [2.05, 4.69) is 5.10 Å². The fourth-order valence-electron chi connectivity index (χ4n) is 1.51. The maximum absolute atomic E-state index is 11.4. The van der Waals surface area contributed by atoms with E-state index in [1.54, 1.807) is 0 Å². The van der Waals surface area contributed by atoms with Gasteiger partial charge in [0.2, 0.25) is 5.89 Å². The molecular weight excluding hydrogens is 254 g/mol. The van der Waals surface area contributed by atoms with Crippen molar-refractivity contribution in [1.82, 2.24) is 9.78 Å². The number of non-ortho nitro benzene ring substituents is 1. The Labute approximate surface area is 107 Å². The van der Waals surface area contributed by atoms with Crippen molar-refractivity contribution in [1.29, 1.82) is 0 Å². The van der Waals surface area contributed by atoms with Crippen LogP contribution in [0.15, 0.2) is 33.5 Å². The Morgan fingerprint density at radius 1 is 1.37 bits per heavy atom. The number of aliphatic hydroxyl groups excluding tert-OH is 1. The van der Waals surface area contributed by atoms with Crippen LogP contribution in [0.1, 0.15) is 6.42 Å². The average molecular weight is 265 g/mol. The molecule has 0 radical (unpaired) electrons. The van der Waals surface area contributed by atoms with Crippen molar-refractivity contribution in [2.75, 3.05) is 6.61 Å². The summed E-state index contributed by atoms with van der Waals surface area (Å²) in [6.07, 6.45) is 0.395. The number of aromatic nitrogens is 2. The summed E-state index contributed by atoms with van der Waals surface area (Å²) < 4.78 is 6.05. The van der Waals surface area contributed by atoms with Gasteiger partial charge in [0, 0.05) is 24.3 Å². The van der Waals surface area contributed by atoms with Crippen molar-refractivity contribution in [3.8, 4) is 11.5 Å². The molecule has 8 heteroatoms. The van der Waals surface area contributed by atoms with Crippen molar-refractivity contribution in [3.05, 3.63) is 44.9 Å². The lowest BCUT2D eigenvalue weighted by molar-refractivity contribution is -0.384. The largest absolute Gasteiger partial charge is 0.437 e. The molecule has 100 valence electrons. The zero-order valence-corrected chi connectivity index (χ0v) is 9.85. The number of rotatable bonds is 5. The van der Waals surface area contributed by atoms with Crippen LogP contribution in [-0.2, 0) is 6.54 Å². The predicted octanol–water partition coefficient (Wildman–Crippen LogP) is 0.794. The van der Waals surface area contributed by atoms with Crippen LogP contribution in [0.5, 0.6) is 0 Å². The van der Waals surface area contributed by atoms with Crippen LogP contribution in [-0.4, -0.2) is 26.4 Å². The third-order valence-corrected chi connectivity index (χ3v) is 2.46. The molecule has 2 rings (SSSR count). The topological polar surface area (TPSA) is 111 Å². The fourth-order valence-corrected chi connectivity index (χ4v) is 1.51. The molecule has 0 bridgehead atoms. The van der Waals surface area contributed by atoms with E-state index in [0.717, 1.165) is 4.68 Å². The minimum atomic E-state index is -0.623. The number of nitro groups is 1. The summed E-state index contributed by atoms with van der Waals surface area (Å²) in [6.45, 7) is 0.206. The van der Waals surface area contributed by atoms with Gasteiger partial charge in [0.15, 0.2) is 0 Å². The van der Waals surface area contributed by atoms with Gasteiger partial charge in [-0.1, -0.05) is 0 Å². The maximum Gasteiger partial charge on any atom is 0.437 e. The van der Waals surface area contributed by atoms with Gasteiger partial charge in [-0.15, -0.1) is 5.10 Å². The van der Waals surface area contributed by atoms with Crippen molar-refractivity contribution < 1.29 is 14.4 Å². The second-order valence-electron chi connectivity index (χ2n) is 3.78. The number of aliphatic hydroxyl groups is 1. The van der Waals surface area contributed by atoms with E-state index in [4.69, 9.17) is 9.52 Å². The fraction of sp³-hybridized carbons (Fsp3) is 0.273. The first-order valence-corrected chi connectivity index (χ1v) is 5.55. The quantitative estimate of drug-likeness (QED) is 0.632. The highest BCUT2D eigenvalue weighted by Gasteiger charge is 2.11. The van der Waals surface area contributed by atoms with Crippen LogP contribution in [0.2, 0.25) is 0 Å². The third kappa shape index (κ3) is 2.86. The molecule has 2 aromatic rings. The molecule has 1 aromatic heterocycles. The van der Waals surface area contributed by atoms with Crippen LogP contribution in [0.25, 0.3) is 11.5 Å². The van der Waals surface area contributed by atoms with Crippen LogP contribution in [0.4, 0.5) is 5.69 Å². The molecule has 0 aliphatic rings. The van der Waals surface area contributed by atoms with Gasteiger partial charge in [-0.25, -0.2) is 4.79 Å². The van der Waals surface area contributed by atoms with Gasteiger partial charge in [-0.2, -0.15) is 4.68 Å². The summed E-state index contributed by atoms with van der Waals surface area (Å²) in [5.74, 6) is -0.528. The van der Waals surface area contributed by atoms with E-state index in [1.165, 1.54) is 24.3 Å². The number of hydrogen-bond donors (Lipinski definition) is 1. The van der Waals surface area contributed by atoms with Gasteiger partial charge in [-0.3, -0.25) is 10.1 Å². The van der Waals surface area contributed by atoms with E-state index in [-0.39, 0.29) is 24.7 Å². The number of nitro benzene ring substituents is 1. The summed E-state index contributed by atoms with van der Waals surface area (Å²) in [4.78, 5) is 21.4. The molecule has 8 nitrogen and oxygen atoms in total. The molecule has 0 amide bonds. The summed E-state index contributed by atoms with van der Waals surface area (Å²) in [6, 6.07) is 5.53. The Bertz CT molecular complexity index is 629. The Balaban J connectivity index is 2.26. The second-order valence-corrected chi connectivity index (χ2v) is 3.78. The molecule has 0 unspecified atom stereocenters. The van der Waals surface area contributed by atoms with E-state index < -0.39 is 10.7 Å². The normalized spacial score (nSPS) is 10.6. The van der Waals surface area contributed by atoms with Gasteiger partial charge in [0.25, 0.3) is 5.69 Å². The molecular formula is C11H11N3O5. The first kappa shape index (κ1) is 13.0. The predicted molar refractivity (Wildman–Crippen MR) is 64.6 cm³/mol. The standard InChI is InChI=1S/C11H11N3O5/c15-7-1-6-13-11(16)19-10(12-13)8-2-4-9(5-3-8)14(17)18/h2-5,15H,1,6-7H2. The highest BCUT2D eigenvalue weighted by Crippen LogP contribution is 2.19. The SMILES string of the molecule is O=c1oc(-c2ccc([N+](=O)[O-])cc2)nn1CCCO. The third-order valence-electron chi connectivity index (χ3n) is 2.46. The van der Waals surface area contributed by atoms with Gasteiger partial charge in [0.05, 0.1) is 11.5 Å². The van der Waals surface area contributed by atoms with Gasteiger partial charge >= 0.3 is 5.76 Å². The molecule has 0 fully saturated rings. The van der Waals surface area contributed by atoms with Gasteiger partial charge < -0.3 is 9.52 Å². The molecule has 0 atom stereocenters. The zero-order chi connectivity index (χ0) is 13.8.